The smallest absolute Gasteiger partial charge is 0.316 e. The zero-order valence-corrected chi connectivity index (χ0v) is 66.4. The van der Waals surface area contributed by atoms with E-state index in [4.69, 9.17) is 47.4 Å². The van der Waals surface area contributed by atoms with Crippen LogP contribution in [0.5, 0.6) is 34.5 Å². The van der Waals surface area contributed by atoms with E-state index in [-0.39, 0.29) is 108 Å². The summed E-state index contributed by atoms with van der Waals surface area (Å²) in [6, 6.07) is 44.6. The van der Waals surface area contributed by atoms with Crippen LogP contribution in [0.25, 0.3) is 43.1 Å². The molecule has 2 N–H and O–H groups in total. The first-order chi connectivity index (χ1) is 54.9. The van der Waals surface area contributed by atoms with Gasteiger partial charge in [0.25, 0.3) is 0 Å². The minimum Gasteiger partial charge on any atom is -0.426 e. The van der Waals surface area contributed by atoms with Gasteiger partial charge in [0.1, 0.15) is 34.5 Å². The van der Waals surface area contributed by atoms with Gasteiger partial charge in [0.05, 0.1) is 83.8 Å². The Balaban J connectivity index is 0.000000110. The first-order valence-corrected chi connectivity index (χ1v) is 41.5. The second-order valence-corrected chi connectivity index (χ2v) is 35.3. The van der Waals surface area contributed by atoms with Gasteiger partial charge in [-0.1, -0.05) is 152 Å². The van der Waals surface area contributed by atoms with Gasteiger partial charge in [-0.05, 0) is 163 Å². The Morgan fingerprint density at radius 3 is 0.921 bits per heavy atom. The van der Waals surface area contributed by atoms with Crippen LogP contribution in [-0.4, -0.2) is 96.5 Å². The topological polar surface area (TPSA) is 266 Å². The minimum absolute atomic E-state index is 0.00151. The highest BCUT2D eigenvalue weighted by Gasteiger charge is 2.68. The number of fused-ring (bicyclic) bond motifs is 24. The van der Waals surface area contributed by atoms with E-state index in [1.165, 1.54) is 0 Å². The molecule has 114 heavy (non-hydrogen) atoms. The zero-order valence-electron chi connectivity index (χ0n) is 66.4. The molecule has 12 aliphatic rings. The fourth-order valence-electron chi connectivity index (χ4n) is 19.7. The van der Waals surface area contributed by atoms with Gasteiger partial charge in [0, 0.05) is 89.5 Å². The number of hydrogen-bond acceptors (Lipinski definition) is 18. The lowest BCUT2D eigenvalue weighted by molar-refractivity contribution is -0.144. The predicted octanol–water partition coefficient (Wildman–Crippen LogP) is 17.3. The molecule has 2 amide bonds. The molecular weight excluding hydrogens is 1450 g/mol. The van der Waals surface area contributed by atoms with E-state index in [0.717, 1.165) is 125 Å². The summed E-state index contributed by atoms with van der Waals surface area (Å²) in [6.45, 7) is 19.3. The molecule has 0 radical (unpaired) electrons. The molecule has 8 aliphatic carbocycles. The molecule has 8 bridgehead atoms. The number of rotatable bonds is 20. The van der Waals surface area contributed by atoms with Gasteiger partial charge < -0.3 is 58.0 Å². The summed E-state index contributed by atoms with van der Waals surface area (Å²) in [7, 11) is 0. The lowest BCUT2D eigenvalue weighted by Gasteiger charge is -2.22. The monoisotopic (exact) mass is 1550 g/mol. The number of hydrogen-bond donors (Lipinski definition) is 2. The number of amides is 2. The largest absolute Gasteiger partial charge is 0.426 e. The molecule has 4 saturated heterocycles. The van der Waals surface area contributed by atoms with E-state index in [2.05, 4.69) is 10.6 Å². The molecule has 596 valence electrons. The fraction of sp³-hybridized carbons (Fsp3) is 0.489. The third-order valence-corrected chi connectivity index (χ3v) is 27.8. The summed E-state index contributed by atoms with van der Waals surface area (Å²) in [5.74, 6) is 4.79. The lowest BCUT2D eigenvalue weighted by atomic mass is 9.89. The van der Waals surface area contributed by atoms with Crippen LogP contribution in [0.1, 0.15) is 146 Å². The number of carbonyl (C=O) groups is 8. The van der Waals surface area contributed by atoms with Crippen molar-refractivity contribution in [2.24, 2.45) is 93.7 Å². The number of esters is 6. The Kier molecular flexibility index (Phi) is 20.6. The molecule has 8 saturated carbocycles. The quantitative estimate of drug-likeness (QED) is 0.0408. The molecule has 8 aromatic rings. The molecule has 0 spiro atoms. The molecule has 12 fully saturated rings. The van der Waals surface area contributed by atoms with Crippen molar-refractivity contribution in [2.45, 2.75) is 195 Å². The third kappa shape index (κ3) is 14.6. The summed E-state index contributed by atoms with van der Waals surface area (Å²) >= 11 is 0. The minimum atomic E-state index is -0.559. The van der Waals surface area contributed by atoms with E-state index < -0.39 is 10.8 Å². The van der Waals surface area contributed by atoms with Gasteiger partial charge in [0.2, 0.25) is 11.8 Å². The highest BCUT2D eigenvalue weighted by molar-refractivity contribution is 6.07. The Bertz CT molecular complexity index is 4850. The second kappa shape index (κ2) is 30.5. The van der Waals surface area contributed by atoms with Crippen LogP contribution in [0.15, 0.2) is 146 Å². The molecule has 22 atom stereocenters. The standard InChI is InChI=1S/C24H27NO4.C24H26O5.C23H25NO4.C23H24O5/c1-4-24(2,3)23(27)25-18-9-5-8-15-14(18)7-6-10-19(15)28-22(26)17-12-13-11-16(17)21-20(13)29-21;1-4-24(2,3)23(26)28-19-10-6-7-14-15(19)8-5-9-18(14)27-22(25)17-12-13-11-16(17)21-20(13)29-21;1-3-12(2)22(25)24-18-8-4-7-15-14(18)6-5-9-19(15)27-23(26)17-11-13-10-16(17)21-20(13)28-21;1-3-12(2)22(24)26-18-8-4-7-15-14(18)6-5-9-19(15)27-23(25)17-11-13-10-16(17)21-20(13)28-21/h5-10,13,16-17,20-21H,4,11-12H2,1-3H3,(H,25,27);5-10,13,16-17,20-21H,4,11-12H2,1-3H3;4-9,12-13,16-17,20-21H,3,10-11H2,1-2H3,(H,24,25);4-9,12-13,16-17,20-21H,3,10-11H2,1-2H3. The summed E-state index contributed by atoms with van der Waals surface area (Å²) in [6.07, 6.45) is 13.5. The maximum absolute atomic E-state index is 12.9. The van der Waals surface area contributed by atoms with Crippen molar-refractivity contribution < 1.29 is 85.7 Å². The number of carbonyl (C=O) groups excluding carboxylic acids is 8. The molecule has 4 heterocycles. The van der Waals surface area contributed by atoms with Crippen molar-refractivity contribution in [3.8, 4) is 34.5 Å². The normalized spacial score (nSPS) is 30.1. The highest BCUT2D eigenvalue weighted by Crippen LogP contribution is 2.63. The number of epoxide rings is 4. The van der Waals surface area contributed by atoms with Gasteiger partial charge in [-0.25, -0.2) is 0 Å². The summed E-state index contributed by atoms with van der Waals surface area (Å²) in [5.41, 5.74) is 0.476. The van der Waals surface area contributed by atoms with Crippen LogP contribution >= 0.6 is 0 Å². The molecular formula is C94H102N2O18. The van der Waals surface area contributed by atoms with Crippen LogP contribution in [0.2, 0.25) is 0 Å². The maximum atomic E-state index is 12.9. The van der Waals surface area contributed by atoms with Crippen LogP contribution in [0, 0.1) is 93.7 Å². The van der Waals surface area contributed by atoms with E-state index in [0.29, 0.717) is 113 Å². The first kappa shape index (κ1) is 77.0. The zero-order chi connectivity index (χ0) is 79.5. The Morgan fingerprint density at radius 1 is 0.342 bits per heavy atom. The molecule has 8 aromatic carbocycles. The number of benzene rings is 8. The van der Waals surface area contributed by atoms with Crippen molar-refractivity contribution in [3.05, 3.63) is 146 Å². The highest BCUT2D eigenvalue weighted by atomic mass is 16.6. The number of anilines is 2. The number of ether oxygens (including phenoxy) is 10. The van der Waals surface area contributed by atoms with Gasteiger partial charge in [-0.15, -0.1) is 0 Å². The van der Waals surface area contributed by atoms with Gasteiger partial charge in [-0.3, -0.25) is 38.4 Å². The van der Waals surface area contributed by atoms with Gasteiger partial charge >= 0.3 is 35.8 Å². The van der Waals surface area contributed by atoms with E-state index in [1.807, 2.05) is 191 Å². The predicted molar refractivity (Wildman–Crippen MR) is 427 cm³/mol. The van der Waals surface area contributed by atoms with Crippen molar-refractivity contribution in [3.63, 3.8) is 0 Å². The van der Waals surface area contributed by atoms with Gasteiger partial charge in [0.15, 0.2) is 0 Å². The van der Waals surface area contributed by atoms with E-state index in [9.17, 15) is 38.4 Å². The second-order valence-electron chi connectivity index (χ2n) is 35.3. The van der Waals surface area contributed by atoms with Crippen molar-refractivity contribution in [1.82, 2.24) is 0 Å². The SMILES string of the molecule is CCC(C)(C)C(=O)Nc1cccc2c(OC(=O)C3CC4CC3C3OC43)cccc12.CCC(C)(C)C(=O)Oc1cccc2c(OC(=O)C3CC4CC3C3OC43)cccc12.CCC(C)C(=O)Nc1cccc2c(OC(=O)C3CC4CC3C3OC43)cccc12.CCC(C)C(=O)Oc1cccc2c(OC(=O)C3CC4CC3C3OC43)cccc12. The average molecular weight is 1550 g/mol. The van der Waals surface area contributed by atoms with Gasteiger partial charge in [-0.2, -0.15) is 0 Å². The van der Waals surface area contributed by atoms with Crippen LogP contribution < -0.4 is 39.1 Å². The van der Waals surface area contributed by atoms with Crippen LogP contribution in [0.3, 0.4) is 0 Å². The van der Waals surface area contributed by atoms with Crippen LogP contribution in [0.4, 0.5) is 11.4 Å². The summed E-state index contributed by atoms with van der Waals surface area (Å²) < 4.78 is 57.4. The van der Waals surface area contributed by atoms with Crippen molar-refractivity contribution >= 4 is 102 Å². The Hall–Kier alpha value is -9.60. The molecule has 20 nitrogen and oxygen atoms in total. The maximum Gasteiger partial charge on any atom is 0.316 e. The molecule has 4 aliphatic heterocycles. The van der Waals surface area contributed by atoms with E-state index in [1.54, 1.807) is 24.3 Å². The molecule has 22 unspecified atom stereocenters. The van der Waals surface area contributed by atoms with E-state index >= 15 is 0 Å². The molecule has 0 aromatic heterocycles. The first-order valence-electron chi connectivity index (χ1n) is 41.5. The average Bonchev–Trinajstić information content (AvgIpc) is 1.57. The van der Waals surface area contributed by atoms with Crippen LogP contribution in [-0.2, 0) is 57.3 Å². The molecule has 20 heteroatoms. The van der Waals surface area contributed by atoms with Crippen molar-refractivity contribution in [1.29, 1.82) is 0 Å². The lowest BCUT2D eigenvalue weighted by Crippen LogP contribution is -2.30. The number of nitrogens with one attached hydrogen (secondary N) is 2. The summed E-state index contributed by atoms with van der Waals surface area (Å²) in [4.78, 5) is 101. The Labute approximate surface area is 664 Å². The fourth-order valence-corrected chi connectivity index (χ4v) is 19.7. The molecule has 20 rings (SSSR count). The third-order valence-electron chi connectivity index (χ3n) is 27.8. The van der Waals surface area contributed by atoms with Crippen molar-refractivity contribution in [2.75, 3.05) is 10.6 Å². The summed E-state index contributed by atoms with van der Waals surface area (Å²) in [5, 5.41) is 12.5. The Morgan fingerprint density at radius 2 is 0.623 bits per heavy atom.